The zero-order valence-electron chi connectivity index (χ0n) is 13.4. The molecule has 1 aromatic carbocycles. The lowest BCUT2D eigenvalue weighted by Crippen LogP contribution is -2.36. The van der Waals surface area contributed by atoms with Crippen LogP contribution in [0.4, 0.5) is 0 Å². The summed E-state index contributed by atoms with van der Waals surface area (Å²) in [5, 5.41) is 10.4. The van der Waals surface area contributed by atoms with Crippen LogP contribution in [0.25, 0.3) is 0 Å². The van der Waals surface area contributed by atoms with Crippen LogP contribution in [0.3, 0.4) is 0 Å². The van der Waals surface area contributed by atoms with Gasteiger partial charge in [0.2, 0.25) is 0 Å². The van der Waals surface area contributed by atoms with Crippen molar-refractivity contribution in [3.63, 3.8) is 0 Å². The molecule has 2 atom stereocenters. The van der Waals surface area contributed by atoms with Crippen molar-refractivity contribution in [1.82, 2.24) is 14.9 Å². The standard InChI is InChI=1S/C18H23N3O2/c1-2-17-19-12-15(20-17)18(23)21-10-6-9-14(21)11-16(22)13-7-4-3-5-8-13/h3-5,7-8,12,14,16,22H,2,6,9-11H2,1H3,(H,19,20). The molecule has 3 rings (SSSR count). The molecule has 0 radical (unpaired) electrons. The molecular formula is C18H23N3O2. The number of imidazole rings is 1. The summed E-state index contributed by atoms with van der Waals surface area (Å²) in [6, 6.07) is 9.71. The van der Waals surface area contributed by atoms with Gasteiger partial charge in [-0.25, -0.2) is 4.98 Å². The Morgan fingerprint density at radius 1 is 1.43 bits per heavy atom. The van der Waals surface area contributed by atoms with Gasteiger partial charge < -0.3 is 15.0 Å². The molecule has 2 N–H and O–H groups in total. The van der Waals surface area contributed by atoms with E-state index in [9.17, 15) is 9.90 Å². The topological polar surface area (TPSA) is 69.2 Å². The van der Waals surface area contributed by atoms with Crippen molar-refractivity contribution in [2.45, 2.75) is 44.8 Å². The molecule has 2 aromatic rings. The van der Waals surface area contributed by atoms with Gasteiger partial charge in [-0.3, -0.25) is 4.79 Å². The van der Waals surface area contributed by atoms with Crippen molar-refractivity contribution >= 4 is 5.91 Å². The predicted molar refractivity (Wildman–Crippen MR) is 88.0 cm³/mol. The second-order valence-electron chi connectivity index (χ2n) is 6.05. The van der Waals surface area contributed by atoms with E-state index >= 15 is 0 Å². The Hall–Kier alpha value is -2.14. The number of amides is 1. The fourth-order valence-electron chi connectivity index (χ4n) is 3.22. The lowest BCUT2D eigenvalue weighted by Gasteiger charge is -2.26. The number of aromatic amines is 1. The van der Waals surface area contributed by atoms with E-state index in [0.717, 1.165) is 37.2 Å². The summed E-state index contributed by atoms with van der Waals surface area (Å²) in [6.45, 7) is 2.74. The van der Waals surface area contributed by atoms with Crippen LogP contribution < -0.4 is 0 Å². The second kappa shape index (κ2) is 6.96. The van der Waals surface area contributed by atoms with Crippen LogP contribution in [0.2, 0.25) is 0 Å². The van der Waals surface area contributed by atoms with Crippen LogP contribution >= 0.6 is 0 Å². The van der Waals surface area contributed by atoms with E-state index in [-0.39, 0.29) is 11.9 Å². The van der Waals surface area contributed by atoms with Gasteiger partial charge in [0.15, 0.2) is 0 Å². The molecule has 5 nitrogen and oxygen atoms in total. The molecule has 2 heterocycles. The highest BCUT2D eigenvalue weighted by molar-refractivity contribution is 5.92. The first-order chi connectivity index (χ1) is 11.2. The maximum absolute atomic E-state index is 12.7. The van der Waals surface area contributed by atoms with E-state index in [0.29, 0.717) is 12.1 Å². The summed E-state index contributed by atoms with van der Waals surface area (Å²) in [5.74, 6) is 0.813. The van der Waals surface area contributed by atoms with Gasteiger partial charge in [-0.05, 0) is 24.8 Å². The van der Waals surface area contributed by atoms with Gasteiger partial charge in [-0.15, -0.1) is 0 Å². The van der Waals surface area contributed by atoms with Crippen LogP contribution in [-0.2, 0) is 6.42 Å². The van der Waals surface area contributed by atoms with E-state index in [1.165, 1.54) is 0 Å². The average Bonchev–Trinajstić information content (AvgIpc) is 3.24. The van der Waals surface area contributed by atoms with E-state index in [1.54, 1.807) is 6.20 Å². The summed E-state index contributed by atoms with van der Waals surface area (Å²) >= 11 is 0. The van der Waals surface area contributed by atoms with E-state index in [1.807, 2.05) is 42.2 Å². The number of aryl methyl sites for hydroxylation is 1. The van der Waals surface area contributed by atoms with Gasteiger partial charge in [-0.2, -0.15) is 0 Å². The number of likely N-dealkylation sites (tertiary alicyclic amines) is 1. The Bertz CT molecular complexity index is 653. The normalized spacial score (nSPS) is 19.0. The molecule has 2 unspecified atom stereocenters. The Kier molecular flexibility index (Phi) is 4.76. The molecule has 0 aliphatic carbocycles. The zero-order valence-corrected chi connectivity index (χ0v) is 13.4. The Morgan fingerprint density at radius 2 is 2.22 bits per heavy atom. The largest absolute Gasteiger partial charge is 0.388 e. The molecule has 0 spiro atoms. The third kappa shape index (κ3) is 3.45. The second-order valence-corrected chi connectivity index (χ2v) is 6.05. The van der Waals surface area contributed by atoms with Crippen molar-refractivity contribution < 1.29 is 9.90 Å². The molecule has 122 valence electrons. The Balaban J connectivity index is 1.69. The van der Waals surface area contributed by atoms with Crippen LogP contribution in [0.1, 0.15) is 54.2 Å². The number of carbonyl (C=O) groups is 1. The van der Waals surface area contributed by atoms with E-state index in [2.05, 4.69) is 9.97 Å². The number of rotatable bonds is 5. The third-order valence-corrected chi connectivity index (χ3v) is 4.51. The number of nitrogens with one attached hydrogen (secondary N) is 1. The minimum Gasteiger partial charge on any atom is -0.388 e. The molecular weight excluding hydrogens is 290 g/mol. The first-order valence-corrected chi connectivity index (χ1v) is 8.27. The number of hydrogen-bond donors (Lipinski definition) is 2. The number of aromatic nitrogens is 2. The van der Waals surface area contributed by atoms with Gasteiger partial charge >= 0.3 is 0 Å². The quantitative estimate of drug-likeness (QED) is 0.891. The molecule has 1 amide bonds. The number of aliphatic hydroxyl groups excluding tert-OH is 1. The molecule has 1 aromatic heterocycles. The molecule has 1 fully saturated rings. The molecule has 5 heteroatoms. The summed E-state index contributed by atoms with van der Waals surface area (Å²) in [4.78, 5) is 21.8. The summed E-state index contributed by atoms with van der Waals surface area (Å²) in [5.41, 5.74) is 1.45. The number of carbonyl (C=O) groups excluding carboxylic acids is 1. The number of aliphatic hydroxyl groups is 1. The SMILES string of the molecule is CCc1ncc(C(=O)N2CCCC2CC(O)c2ccccc2)[nH]1. The maximum atomic E-state index is 12.7. The minimum atomic E-state index is -0.539. The number of nitrogens with zero attached hydrogens (tertiary/aromatic N) is 2. The fourth-order valence-corrected chi connectivity index (χ4v) is 3.22. The summed E-state index contributed by atoms with van der Waals surface area (Å²) in [7, 11) is 0. The monoisotopic (exact) mass is 313 g/mol. The van der Waals surface area contributed by atoms with Crippen molar-refractivity contribution in [2.75, 3.05) is 6.54 Å². The minimum absolute atomic E-state index is 0.0139. The van der Waals surface area contributed by atoms with Gasteiger partial charge in [0.05, 0.1) is 12.3 Å². The van der Waals surface area contributed by atoms with Gasteiger partial charge in [-0.1, -0.05) is 37.3 Å². The van der Waals surface area contributed by atoms with E-state index < -0.39 is 6.10 Å². The van der Waals surface area contributed by atoms with Crippen molar-refractivity contribution in [3.05, 3.63) is 53.6 Å². The highest BCUT2D eigenvalue weighted by Gasteiger charge is 2.31. The van der Waals surface area contributed by atoms with Crippen LogP contribution in [0.5, 0.6) is 0 Å². The van der Waals surface area contributed by atoms with Crippen LogP contribution in [0, 0.1) is 0 Å². The predicted octanol–water partition coefficient (Wildman–Crippen LogP) is 2.70. The smallest absolute Gasteiger partial charge is 0.272 e. The first-order valence-electron chi connectivity index (χ1n) is 8.27. The van der Waals surface area contributed by atoms with Crippen molar-refractivity contribution in [3.8, 4) is 0 Å². The third-order valence-electron chi connectivity index (χ3n) is 4.51. The van der Waals surface area contributed by atoms with Gasteiger partial charge in [0, 0.05) is 19.0 Å². The Morgan fingerprint density at radius 3 is 2.91 bits per heavy atom. The lowest BCUT2D eigenvalue weighted by atomic mass is 10.0. The molecule has 0 saturated carbocycles. The van der Waals surface area contributed by atoms with Gasteiger partial charge in [0.1, 0.15) is 11.5 Å². The fraction of sp³-hybridized carbons (Fsp3) is 0.444. The maximum Gasteiger partial charge on any atom is 0.272 e. The molecule has 1 saturated heterocycles. The van der Waals surface area contributed by atoms with Crippen molar-refractivity contribution in [1.29, 1.82) is 0 Å². The number of hydrogen-bond acceptors (Lipinski definition) is 3. The summed E-state index contributed by atoms with van der Waals surface area (Å²) in [6.07, 6.45) is 4.34. The molecule has 1 aliphatic rings. The van der Waals surface area contributed by atoms with E-state index in [4.69, 9.17) is 0 Å². The highest BCUT2D eigenvalue weighted by Crippen LogP contribution is 2.28. The molecule has 1 aliphatic heterocycles. The number of H-pyrrole nitrogens is 1. The summed E-state index contributed by atoms with van der Waals surface area (Å²) < 4.78 is 0. The highest BCUT2D eigenvalue weighted by atomic mass is 16.3. The number of benzene rings is 1. The van der Waals surface area contributed by atoms with Crippen molar-refractivity contribution in [2.24, 2.45) is 0 Å². The lowest BCUT2D eigenvalue weighted by molar-refractivity contribution is 0.0662. The molecule has 0 bridgehead atoms. The average molecular weight is 313 g/mol. The Labute approximate surface area is 136 Å². The first kappa shape index (κ1) is 15.7. The van der Waals surface area contributed by atoms with Gasteiger partial charge in [0.25, 0.3) is 5.91 Å². The zero-order chi connectivity index (χ0) is 16.2. The van der Waals surface area contributed by atoms with Crippen LogP contribution in [-0.4, -0.2) is 38.5 Å². The molecule has 23 heavy (non-hydrogen) atoms. The van der Waals surface area contributed by atoms with Crippen LogP contribution in [0.15, 0.2) is 36.5 Å².